The summed E-state index contributed by atoms with van der Waals surface area (Å²) < 4.78 is 0. The Labute approximate surface area is 195 Å². The molecular weight excluding hydrogens is 496 g/mol. The van der Waals surface area contributed by atoms with Crippen molar-refractivity contribution in [2.45, 2.75) is 0 Å². The Balaban J connectivity index is 0.00000218. The Morgan fingerprint density at radius 3 is 1.37 bits per heavy atom. The second kappa shape index (κ2) is 8.02. The van der Waals surface area contributed by atoms with E-state index >= 15 is 0 Å². The van der Waals surface area contributed by atoms with Crippen molar-refractivity contribution in [3.63, 3.8) is 0 Å². The van der Waals surface area contributed by atoms with Gasteiger partial charge >= 0.3 is 172 Å². The molecule has 30 heavy (non-hydrogen) atoms. The molecule has 0 spiro atoms. The number of rotatable bonds is 4. The van der Waals surface area contributed by atoms with Crippen molar-refractivity contribution in [1.29, 1.82) is 0 Å². The maximum atomic E-state index is 3.83. The first-order valence-corrected chi connectivity index (χ1v) is 12.7. The molecule has 0 aliphatic carbocycles. The van der Waals surface area contributed by atoms with E-state index in [1.165, 1.54) is 32.3 Å². The van der Waals surface area contributed by atoms with Crippen LogP contribution in [0.3, 0.4) is 0 Å². The van der Waals surface area contributed by atoms with Gasteiger partial charge < -0.3 is 0 Å². The summed E-state index contributed by atoms with van der Waals surface area (Å²) in [4.78, 5) is 3.83. The number of hydrogen-bond acceptors (Lipinski definition) is 0. The standard InChI is InChI=1S/C27H24NP.HI/c1-29(23-14-5-2-6-15-23,24-16-7-3-8-17-24,25-18-9-4-10-19-25)27-21-22-13-11-12-20-26(22)28-27;/h2-21,28H,1H3;1H. The zero-order chi connectivity index (χ0) is 19.8. The van der Waals surface area contributed by atoms with Crippen molar-refractivity contribution < 1.29 is 0 Å². The molecule has 3 heteroatoms. The van der Waals surface area contributed by atoms with Gasteiger partial charge in [0, 0.05) is 0 Å². The van der Waals surface area contributed by atoms with Crippen molar-refractivity contribution in [2.75, 3.05) is 6.66 Å². The van der Waals surface area contributed by atoms with Gasteiger partial charge in [0.1, 0.15) is 0 Å². The first kappa shape index (κ1) is 20.8. The Kier molecular flexibility index (Phi) is 5.57. The fourth-order valence-electron chi connectivity index (χ4n) is 4.63. The molecular formula is C27H25INP. The molecule has 0 saturated heterocycles. The van der Waals surface area contributed by atoms with E-state index in [1.807, 2.05) is 0 Å². The van der Waals surface area contributed by atoms with E-state index in [0.29, 0.717) is 0 Å². The molecule has 0 fully saturated rings. The van der Waals surface area contributed by atoms with Crippen molar-refractivity contribution in [2.24, 2.45) is 0 Å². The topological polar surface area (TPSA) is 15.8 Å². The number of nitrogens with one attached hydrogen (secondary N) is 1. The first-order valence-electron chi connectivity index (χ1n) is 9.98. The van der Waals surface area contributed by atoms with E-state index in [1.54, 1.807) is 0 Å². The van der Waals surface area contributed by atoms with Crippen LogP contribution in [-0.2, 0) is 0 Å². The number of hydrogen-bond donors (Lipinski definition) is 1. The monoisotopic (exact) mass is 521 g/mol. The van der Waals surface area contributed by atoms with Gasteiger partial charge in [-0.2, -0.15) is 0 Å². The zero-order valence-corrected chi connectivity index (χ0v) is 20.1. The van der Waals surface area contributed by atoms with Crippen LogP contribution in [0.4, 0.5) is 0 Å². The average molecular weight is 521 g/mol. The van der Waals surface area contributed by atoms with Crippen LogP contribution in [0.2, 0.25) is 0 Å². The molecule has 4 aromatic carbocycles. The number of aromatic amines is 1. The van der Waals surface area contributed by atoms with Crippen LogP contribution in [0.15, 0.2) is 121 Å². The van der Waals surface area contributed by atoms with Crippen LogP contribution < -0.4 is 21.3 Å². The minimum absolute atomic E-state index is 0. The molecule has 1 heterocycles. The first-order chi connectivity index (χ1) is 14.2. The number of aromatic nitrogens is 1. The van der Waals surface area contributed by atoms with Gasteiger partial charge in [0.2, 0.25) is 0 Å². The molecule has 0 aliphatic rings. The largest absolute Gasteiger partial charge is 0.107 e. The van der Waals surface area contributed by atoms with Crippen molar-refractivity contribution in [1.82, 2.24) is 4.98 Å². The van der Waals surface area contributed by atoms with Gasteiger partial charge in [-0.15, -0.1) is 24.0 Å². The average Bonchev–Trinajstić information content (AvgIpc) is 3.26. The van der Waals surface area contributed by atoms with E-state index in [0.717, 1.165) is 0 Å². The van der Waals surface area contributed by atoms with Gasteiger partial charge in [0.15, 0.2) is 0 Å². The quantitative estimate of drug-likeness (QED) is 0.235. The minimum atomic E-state index is -2.96. The number of benzene rings is 4. The van der Waals surface area contributed by atoms with Crippen LogP contribution in [0.1, 0.15) is 0 Å². The fourth-order valence-corrected chi connectivity index (χ4v) is 9.97. The summed E-state index contributed by atoms with van der Waals surface area (Å²) in [5, 5.41) is 5.34. The summed E-state index contributed by atoms with van der Waals surface area (Å²) in [5.74, 6) is 0. The second-order valence-corrected chi connectivity index (χ2v) is 13.0. The van der Waals surface area contributed by atoms with E-state index in [2.05, 4.69) is 133 Å². The van der Waals surface area contributed by atoms with E-state index < -0.39 is 6.60 Å². The molecule has 0 bridgehead atoms. The predicted octanol–water partition coefficient (Wildman–Crippen LogP) is 5.57. The third kappa shape index (κ3) is 2.93. The molecule has 0 unspecified atom stereocenters. The minimum Gasteiger partial charge on any atom is -0.107 e. The molecule has 1 aromatic heterocycles. The van der Waals surface area contributed by atoms with Crippen molar-refractivity contribution >= 4 is 62.8 Å². The summed E-state index contributed by atoms with van der Waals surface area (Å²) in [6, 6.07) is 44.0. The molecule has 0 amide bonds. The number of halogens is 1. The van der Waals surface area contributed by atoms with Gasteiger partial charge in [0.25, 0.3) is 0 Å². The second-order valence-electron chi connectivity index (χ2n) is 7.81. The molecule has 0 aliphatic heterocycles. The number of H-pyrrole nitrogens is 1. The van der Waals surface area contributed by atoms with Gasteiger partial charge in [0.05, 0.1) is 0 Å². The number of fused-ring (bicyclic) bond motifs is 1. The third-order valence-corrected chi connectivity index (χ3v) is 12.5. The normalized spacial score (nSPS) is 12.6. The predicted molar refractivity (Wildman–Crippen MR) is 144 cm³/mol. The van der Waals surface area contributed by atoms with Gasteiger partial charge in [-0.3, -0.25) is 0 Å². The van der Waals surface area contributed by atoms with Crippen molar-refractivity contribution in [3.05, 3.63) is 121 Å². The summed E-state index contributed by atoms with van der Waals surface area (Å²) >= 11 is 0. The van der Waals surface area contributed by atoms with Crippen LogP contribution in [0.5, 0.6) is 0 Å². The molecule has 5 rings (SSSR count). The van der Waals surface area contributed by atoms with E-state index in [9.17, 15) is 0 Å². The smallest absolute Gasteiger partial charge is 0.107 e. The maximum Gasteiger partial charge on any atom is -0.107 e. The van der Waals surface area contributed by atoms with Crippen molar-refractivity contribution in [3.8, 4) is 0 Å². The maximum absolute atomic E-state index is 3.83. The van der Waals surface area contributed by atoms with E-state index in [4.69, 9.17) is 0 Å². The fraction of sp³-hybridized carbons (Fsp3) is 0.0370. The Morgan fingerprint density at radius 1 is 0.533 bits per heavy atom. The summed E-state index contributed by atoms with van der Waals surface area (Å²) in [6.07, 6.45) is 0. The Bertz CT molecular complexity index is 1130. The molecule has 5 aromatic rings. The van der Waals surface area contributed by atoms with Crippen LogP contribution >= 0.6 is 30.6 Å². The van der Waals surface area contributed by atoms with Gasteiger partial charge in [-0.05, 0) is 0 Å². The molecule has 0 atom stereocenters. The van der Waals surface area contributed by atoms with E-state index in [-0.39, 0.29) is 24.0 Å². The Hall–Kier alpha value is -2.42. The molecule has 1 nitrogen and oxygen atoms in total. The van der Waals surface area contributed by atoms with Gasteiger partial charge in [-0.1, -0.05) is 0 Å². The summed E-state index contributed by atoms with van der Waals surface area (Å²) in [7, 11) is 0. The zero-order valence-electron chi connectivity index (χ0n) is 16.9. The number of para-hydroxylation sites is 1. The van der Waals surface area contributed by atoms with Crippen LogP contribution in [0.25, 0.3) is 10.9 Å². The Morgan fingerprint density at radius 2 is 0.933 bits per heavy atom. The summed E-state index contributed by atoms with van der Waals surface area (Å²) in [5.41, 5.74) is 2.47. The van der Waals surface area contributed by atoms with Crippen LogP contribution in [-0.4, -0.2) is 11.6 Å². The molecule has 1 N–H and O–H groups in total. The SMILES string of the molecule is CP(c1ccccc1)(c1ccccc1)(c1ccccc1)c1cc2ccccc2[nH]1.I. The molecule has 0 radical (unpaired) electrons. The van der Waals surface area contributed by atoms with Gasteiger partial charge in [-0.25, -0.2) is 0 Å². The third-order valence-electron chi connectivity index (χ3n) is 6.32. The molecule has 0 saturated carbocycles. The molecule has 150 valence electrons. The van der Waals surface area contributed by atoms with Crippen LogP contribution in [0, 0.1) is 0 Å². The summed E-state index contributed by atoms with van der Waals surface area (Å²) in [6.45, 7) is -0.477.